The van der Waals surface area contributed by atoms with Crippen LogP contribution in [0.25, 0.3) is 0 Å². The molecule has 0 aromatic heterocycles. The van der Waals surface area contributed by atoms with Crippen LogP contribution in [0, 0.1) is 5.92 Å². The minimum atomic E-state index is -0.886. The summed E-state index contributed by atoms with van der Waals surface area (Å²) in [5.74, 6) is -0.0178. The van der Waals surface area contributed by atoms with E-state index in [1.807, 2.05) is 6.92 Å². The highest BCUT2D eigenvalue weighted by molar-refractivity contribution is 7.84. The Morgan fingerprint density at radius 1 is 1.50 bits per heavy atom. The minimum Gasteiger partial charge on any atom is -0.355 e. The van der Waals surface area contributed by atoms with Crippen molar-refractivity contribution in [3.8, 4) is 0 Å². The summed E-state index contributed by atoms with van der Waals surface area (Å²) in [5, 5.41) is 2.86. The monoisotopic (exact) mass is 246 g/mol. The van der Waals surface area contributed by atoms with E-state index in [1.165, 1.54) is 0 Å². The molecule has 0 spiro atoms. The molecule has 0 aliphatic heterocycles. The quantitative estimate of drug-likeness (QED) is 0.753. The molecule has 1 aliphatic rings. The van der Waals surface area contributed by atoms with Crippen molar-refractivity contribution in [1.82, 2.24) is 5.32 Å². The smallest absolute Gasteiger partial charge is 0.224 e. The number of carbonyl (C=O) groups is 1. The normalized spacial score (nSPS) is 29.4. The first kappa shape index (κ1) is 13.6. The van der Waals surface area contributed by atoms with Crippen LogP contribution in [0.1, 0.15) is 32.6 Å². The molecule has 0 aromatic rings. The van der Waals surface area contributed by atoms with Gasteiger partial charge in [-0.15, -0.1) is 0 Å². The molecule has 0 aromatic carbocycles. The molecule has 1 aliphatic carbocycles. The second-order valence-corrected chi connectivity index (χ2v) is 6.41. The van der Waals surface area contributed by atoms with Gasteiger partial charge in [-0.05, 0) is 19.8 Å². The summed E-state index contributed by atoms with van der Waals surface area (Å²) in [7, 11) is -0.886. The van der Waals surface area contributed by atoms with Crippen LogP contribution in [-0.2, 0) is 15.6 Å². The Morgan fingerprint density at radius 3 is 2.69 bits per heavy atom. The Balaban J connectivity index is 2.36. The Labute approximate surface area is 99.8 Å². The van der Waals surface area contributed by atoms with Crippen molar-refractivity contribution in [3.05, 3.63) is 0 Å². The van der Waals surface area contributed by atoms with E-state index >= 15 is 0 Å². The summed E-state index contributed by atoms with van der Waals surface area (Å²) in [5.41, 5.74) is 5.93. The van der Waals surface area contributed by atoms with Crippen LogP contribution < -0.4 is 11.1 Å². The van der Waals surface area contributed by atoms with E-state index in [9.17, 15) is 9.00 Å². The summed E-state index contributed by atoms with van der Waals surface area (Å²) in [4.78, 5) is 11.8. The van der Waals surface area contributed by atoms with E-state index < -0.39 is 10.8 Å². The van der Waals surface area contributed by atoms with Gasteiger partial charge in [0.15, 0.2) is 0 Å². The van der Waals surface area contributed by atoms with Gasteiger partial charge in [0.25, 0.3) is 0 Å². The summed E-state index contributed by atoms with van der Waals surface area (Å²) in [6.45, 7) is 2.35. The molecule has 4 nitrogen and oxygen atoms in total. The molecule has 1 amide bonds. The summed E-state index contributed by atoms with van der Waals surface area (Å²) < 4.78 is 11.1. The maximum absolute atomic E-state index is 11.8. The summed E-state index contributed by atoms with van der Waals surface area (Å²) in [6.07, 6.45) is 5.69. The lowest BCUT2D eigenvalue weighted by Crippen LogP contribution is -2.45. The summed E-state index contributed by atoms with van der Waals surface area (Å²) >= 11 is 0. The topological polar surface area (TPSA) is 72.2 Å². The first-order valence-electron chi connectivity index (χ1n) is 5.88. The van der Waals surface area contributed by atoms with Crippen molar-refractivity contribution < 1.29 is 9.00 Å². The maximum Gasteiger partial charge on any atom is 0.224 e. The van der Waals surface area contributed by atoms with Crippen LogP contribution in [0.15, 0.2) is 0 Å². The number of hydrogen-bond donors (Lipinski definition) is 2. The van der Waals surface area contributed by atoms with Gasteiger partial charge in [-0.1, -0.05) is 12.8 Å². The van der Waals surface area contributed by atoms with E-state index in [2.05, 4.69) is 5.32 Å². The fourth-order valence-electron chi connectivity index (χ4n) is 1.98. The van der Waals surface area contributed by atoms with Crippen molar-refractivity contribution in [1.29, 1.82) is 0 Å². The Kier molecular flexibility index (Phi) is 5.41. The van der Waals surface area contributed by atoms with E-state index in [1.54, 1.807) is 6.26 Å². The van der Waals surface area contributed by atoms with Crippen LogP contribution in [0.5, 0.6) is 0 Å². The SMILES string of the molecule is CC(CNC(=O)C1CCCCC1N)S(C)=O. The Bertz CT molecular complexity index is 271. The highest BCUT2D eigenvalue weighted by Crippen LogP contribution is 2.22. The summed E-state index contributed by atoms with van der Waals surface area (Å²) in [6, 6.07) is -0.00354. The third kappa shape index (κ3) is 3.87. The molecule has 0 saturated heterocycles. The van der Waals surface area contributed by atoms with Gasteiger partial charge >= 0.3 is 0 Å². The highest BCUT2D eigenvalue weighted by Gasteiger charge is 2.28. The zero-order valence-electron chi connectivity index (χ0n) is 10.1. The number of nitrogens with two attached hydrogens (primary N) is 1. The van der Waals surface area contributed by atoms with E-state index in [-0.39, 0.29) is 23.1 Å². The molecule has 1 fully saturated rings. The molecule has 16 heavy (non-hydrogen) atoms. The van der Waals surface area contributed by atoms with Gasteiger partial charge in [-0.25, -0.2) is 0 Å². The number of hydrogen-bond acceptors (Lipinski definition) is 3. The predicted octanol–water partition coefficient (Wildman–Crippen LogP) is 0.387. The van der Waals surface area contributed by atoms with Crippen LogP contribution in [-0.4, -0.2) is 34.2 Å². The third-order valence-electron chi connectivity index (χ3n) is 3.29. The molecule has 94 valence electrons. The van der Waals surface area contributed by atoms with E-state index in [4.69, 9.17) is 5.73 Å². The molecular formula is C11H22N2O2S. The van der Waals surface area contributed by atoms with Gasteiger partial charge in [-0.2, -0.15) is 0 Å². The molecular weight excluding hydrogens is 224 g/mol. The van der Waals surface area contributed by atoms with Gasteiger partial charge in [0.1, 0.15) is 0 Å². The van der Waals surface area contributed by atoms with Crippen LogP contribution in [0.4, 0.5) is 0 Å². The van der Waals surface area contributed by atoms with Crippen molar-refractivity contribution in [2.75, 3.05) is 12.8 Å². The van der Waals surface area contributed by atoms with Gasteiger partial charge in [0.2, 0.25) is 5.91 Å². The van der Waals surface area contributed by atoms with Crippen molar-refractivity contribution in [2.24, 2.45) is 11.7 Å². The van der Waals surface area contributed by atoms with E-state index in [0.717, 1.165) is 25.7 Å². The molecule has 1 rings (SSSR count). The van der Waals surface area contributed by atoms with Crippen molar-refractivity contribution >= 4 is 16.7 Å². The van der Waals surface area contributed by atoms with Crippen LogP contribution in [0.3, 0.4) is 0 Å². The zero-order chi connectivity index (χ0) is 12.1. The number of nitrogens with one attached hydrogen (secondary N) is 1. The first-order chi connectivity index (χ1) is 7.52. The molecule has 1 saturated carbocycles. The van der Waals surface area contributed by atoms with E-state index in [0.29, 0.717) is 6.54 Å². The van der Waals surface area contributed by atoms with Gasteiger partial charge in [0.05, 0.1) is 5.92 Å². The third-order valence-corrected chi connectivity index (χ3v) is 4.59. The second-order valence-electron chi connectivity index (χ2n) is 4.61. The lowest BCUT2D eigenvalue weighted by atomic mass is 9.84. The molecule has 3 N–H and O–H groups in total. The first-order valence-corrected chi connectivity index (χ1v) is 7.50. The maximum atomic E-state index is 11.8. The van der Waals surface area contributed by atoms with Gasteiger partial charge in [-0.3, -0.25) is 9.00 Å². The van der Waals surface area contributed by atoms with Crippen LogP contribution in [0.2, 0.25) is 0 Å². The predicted molar refractivity (Wildman–Crippen MR) is 66.5 cm³/mol. The van der Waals surface area contributed by atoms with Crippen LogP contribution >= 0.6 is 0 Å². The van der Waals surface area contributed by atoms with Gasteiger partial charge < -0.3 is 11.1 Å². The Hall–Kier alpha value is -0.420. The largest absolute Gasteiger partial charge is 0.355 e. The molecule has 0 heterocycles. The molecule has 0 bridgehead atoms. The van der Waals surface area contributed by atoms with Crippen molar-refractivity contribution in [2.45, 2.75) is 43.9 Å². The second kappa shape index (κ2) is 6.35. The zero-order valence-corrected chi connectivity index (χ0v) is 10.9. The molecule has 4 unspecified atom stereocenters. The Morgan fingerprint density at radius 2 is 2.12 bits per heavy atom. The van der Waals surface area contributed by atoms with Crippen molar-refractivity contribution in [3.63, 3.8) is 0 Å². The molecule has 4 atom stereocenters. The molecule has 5 heteroatoms. The minimum absolute atomic E-state index is 0.00349. The highest BCUT2D eigenvalue weighted by atomic mass is 32.2. The number of rotatable bonds is 4. The lowest BCUT2D eigenvalue weighted by Gasteiger charge is -2.27. The fraction of sp³-hybridized carbons (Fsp3) is 0.909. The lowest BCUT2D eigenvalue weighted by molar-refractivity contribution is -0.126. The average molecular weight is 246 g/mol. The number of carbonyl (C=O) groups excluding carboxylic acids is 1. The standard InChI is InChI=1S/C11H22N2O2S/c1-8(16(2)15)7-13-11(14)9-5-3-4-6-10(9)12/h8-10H,3-7,12H2,1-2H3,(H,13,14). The fourth-order valence-corrected chi connectivity index (χ4v) is 2.30. The number of amides is 1. The van der Waals surface area contributed by atoms with Gasteiger partial charge in [0, 0.05) is 34.9 Å². The average Bonchev–Trinajstić information content (AvgIpc) is 2.25. The molecule has 0 radical (unpaired) electrons.